The summed E-state index contributed by atoms with van der Waals surface area (Å²) in [5, 5.41) is 7.72. The van der Waals surface area contributed by atoms with Crippen molar-refractivity contribution in [1.82, 2.24) is 4.57 Å². The topological polar surface area (TPSA) is 4.93 Å². The van der Waals surface area contributed by atoms with Crippen molar-refractivity contribution in [1.29, 1.82) is 0 Å². The van der Waals surface area contributed by atoms with Gasteiger partial charge in [-0.3, -0.25) is 0 Å². The van der Waals surface area contributed by atoms with E-state index in [0.29, 0.717) is 0 Å². The highest BCUT2D eigenvalue weighted by molar-refractivity contribution is 7.25. The van der Waals surface area contributed by atoms with Gasteiger partial charge in [-0.05, 0) is 64.0 Å². The molecule has 2 heterocycles. The van der Waals surface area contributed by atoms with Gasteiger partial charge in [0.1, 0.15) is 0 Å². The van der Waals surface area contributed by atoms with Crippen LogP contribution in [-0.2, 0) is 0 Å². The second-order valence-electron chi connectivity index (χ2n) is 10.9. The third-order valence-electron chi connectivity index (χ3n) is 8.61. The Balaban J connectivity index is 1.31. The first-order valence-corrected chi connectivity index (χ1v) is 15.2. The van der Waals surface area contributed by atoms with Gasteiger partial charge >= 0.3 is 0 Å². The highest BCUT2D eigenvalue weighted by Crippen LogP contribution is 2.40. The molecular formula is C40H25NS. The van der Waals surface area contributed by atoms with Crippen molar-refractivity contribution in [2.24, 2.45) is 0 Å². The molecule has 196 valence electrons. The zero-order valence-corrected chi connectivity index (χ0v) is 23.6. The Labute approximate surface area is 247 Å². The molecule has 9 aromatic rings. The van der Waals surface area contributed by atoms with Crippen molar-refractivity contribution in [3.8, 4) is 27.9 Å². The lowest BCUT2D eigenvalue weighted by atomic mass is 9.97. The SMILES string of the molecule is c1ccc(-c2ccc(-n3c4ccccc4c4ccc(-c5ccc6sc7ccccc7c6c5)cc43)c3ccccc23)cc1. The van der Waals surface area contributed by atoms with Crippen LogP contribution in [0.4, 0.5) is 0 Å². The standard InChI is InChI=1S/C40H25NS/c1-2-10-26(11-3-1)29-21-22-37(31-13-5-4-12-30(29)31)41-36-16-8-6-14-32(36)33-20-18-28(25-38(33)41)27-19-23-40-35(24-27)34-15-7-9-17-39(34)42-40/h1-25H. The fourth-order valence-electron chi connectivity index (χ4n) is 6.66. The Kier molecular flexibility index (Phi) is 5.13. The number of benzene rings is 7. The molecule has 2 heteroatoms. The summed E-state index contributed by atoms with van der Waals surface area (Å²) in [4.78, 5) is 0. The average Bonchev–Trinajstić information content (AvgIpc) is 3.59. The van der Waals surface area contributed by atoms with E-state index in [0.717, 1.165) is 0 Å². The van der Waals surface area contributed by atoms with E-state index >= 15 is 0 Å². The van der Waals surface area contributed by atoms with Crippen LogP contribution in [0.1, 0.15) is 0 Å². The number of rotatable bonds is 3. The van der Waals surface area contributed by atoms with Crippen molar-refractivity contribution in [2.75, 3.05) is 0 Å². The minimum Gasteiger partial charge on any atom is -0.309 e. The minimum atomic E-state index is 1.20. The van der Waals surface area contributed by atoms with Crippen LogP contribution in [0.3, 0.4) is 0 Å². The van der Waals surface area contributed by atoms with Gasteiger partial charge in [0.25, 0.3) is 0 Å². The fraction of sp³-hybridized carbons (Fsp3) is 0. The van der Waals surface area contributed by atoms with Crippen molar-refractivity contribution in [3.05, 3.63) is 152 Å². The van der Waals surface area contributed by atoms with Crippen LogP contribution in [0, 0.1) is 0 Å². The lowest BCUT2D eigenvalue weighted by molar-refractivity contribution is 1.20. The Morgan fingerprint density at radius 1 is 0.357 bits per heavy atom. The molecule has 0 spiro atoms. The van der Waals surface area contributed by atoms with Crippen LogP contribution >= 0.6 is 11.3 Å². The molecule has 7 aromatic carbocycles. The highest BCUT2D eigenvalue weighted by Gasteiger charge is 2.17. The molecule has 2 aromatic heterocycles. The number of hydrogen-bond donors (Lipinski definition) is 0. The lowest BCUT2D eigenvalue weighted by Crippen LogP contribution is -1.96. The van der Waals surface area contributed by atoms with Crippen LogP contribution in [0.25, 0.3) is 80.7 Å². The second-order valence-corrected chi connectivity index (χ2v) is 12.0. The predicted molar refractivity (Wildman–Crippen MR) is 182 cm³/mol. The van der Waals surface area contributed by atoms with E-state index in [4.69, 9.17) is 0 Å². The molecule has 0 amide bonds. The molecule has 1 nitrogen and oxygen atoms in total. The van der Waals surface area contributed by atoms with Gasteiger partial charge in [0.2, 0.25) is 0 Å². The zero-order chi connectivity index (χ0) is 27.6. The fourth-order valence-corrected chi connectivity index (χ4v) is 7.75. The number of para-hydroxylation sites is 1. The molecule has 42 heavy (non-hydrogen) atoms. The molecule has 0 saturated heterocycles. The van der Waals surface area contributed by atoms with Crippen LogP contribution in [0.5, 0.6) is 0 Å². The molecule has 0 saturated carbocycles. The monoisotopic (exact) mass is 551 g/mol. The molecule has 0 aliphatic rings. The van der Waals surface area contributed by atoms with Gasteiger partial charge < -0.3 is 4.57 Å². The smallest absolute Gasteiger partial charge is 0.0547 e. The van der Waals surface area contributed by atoms with E-state index in [1.54, 1.807) is 0 Å². The summed E-state index contributed by atoms with van der Waals surface area (Å²) in [7, 11) is 0. The van der Waals surface area contributed by atoms with Gasteiger partial charge in [0.15, 0.2) is 0 Å². The van der Waals surface area contributed by atoms with Gasteiger partial charge in [-0.15, -0.1) is 11.3 Å². The largest absolute Gasteiger partial charge is 0.309 e. The second kappa shape index (κ2) is 9.17. The molecular weight excluding hydrogens is 527 g/mol. The van der Waals surface area contributed by atoms with Gasteiger partial charge in [-0.2, -0.15) is 0 Å². The molecule has 0 N–H and O–H groups in total. The molecule has 0 atom stereocenters. The van der Waals surface area contributed by atoms with Gasteiger partial charge in [-0.25, -0.2) is 0 Å². The number of aromatic nitrogens is 1. The summed E-state index contributed by atoms with van der Waals surface area (Å²) in [6.07, 6.45) is 0. The maximum atomic E-state index is 2.46. The maximum absolute atomic E-state index is 2.46. The molecule has 9 rings (SSSR count). The summed E-state index contributed by atoms with van der Waals surface area (Å²) in [5.41, 5.74) is 8.62. The predicted octanol–water partition coefficient (Wildman–Crippen LogP) is 11.6. The van der Waals surface area contributed by atoms with E-state index in [1.807, 2.05) is 11.3 Å². The van der Waals surface area contributed by atoms with Gasteiger partial charge in [0.05, 0.1) is 16.7 Å². The molecule has 0 bridgehead atoms. The number of nitrogens with zero attached hydrogens (tertiary/aromatic N) is 1. The van der Waals surface area contributed by atoms with Gasteiger partial charge in [-0.1, -0.05) is 115 Å². The van der Waals surface area contributed by atoms with Crippen molar-refractivity contribution >= 4 is 64.1 Å². The number of fused-ring (bicyclic) bond motifs is 7. The summed E-state index contributed by atoms with van der Waals surface area (Å²) in [5.74, 6) is 0. The van der Waals surface area contributed by atoms with Crippen LogP contribution in [0.15, 0.2) is 152 Å². The number of hydrogen-bond acceptors (Lipinski definition) is 1. The Hall–Kier alpha value is -5.18. The molecule has 0 aliphatic heterocycles. The molecule has 0 fully saturated rings. The van der Waals surface area contributed by atoms with Gasteiger partial charge in [0, 0.05) is 36.3 Å². The average molecular weight is 552 g/mol. The zero-order valence-electron chi connectivity index (χ0n) is 22.8. The highest BCUT2D eigenvalue weighted by atomic mass is 32.1. The van der Waals surface area contributed by atoms with Crippen molar-refractivity contribution < 1.29 is 0 Å². The van der Waals surface area contributed by atoms with E-state index in [-0.39, 0.29) is 0 Å². The molecule has 0 radical (unpaired) electrons. The van der Waals surface area contributed by atoms with Crippen LogP contribution in [0.2, 0.25) is 0 Å². The normalized spacial score (nSPS) is 11.8. The summed E-state index contributed by atoms with van der Waals surface area (Å²) in [6, 6.07) is 55.5. The van der Waals surface area contributed by atoms with E-state index in [2.05, 4.69) is 156 Å². The minimum absolute atomic E-state index is 1.20. The Morgan fingerprint density at radius 2 is 1.00 bits per heavy atom. The first-order chi connectivity index (χ1) is 20.8. The summed E-state index contributed by atoms with van der Waals surface area (Å²) < 4.78 is 5.13. The summed E-state index contributed by atoms with van der Waals surface area (Å²) in [6.45, 7) is 0. The Morgan fingerprint density at radius 3 is 1.88 bits per heavy atom. The maximum Gasteiger partial charge on any atom is 0.0547 e. The first kappa shape index (κ1) is 23.5. The molecule has 0 aliphatic carbocycles. The van der Waals surface area contributed by atoms with Crippen LogP contribution in [-0.4, -0.2) is 4.57 Å². The quantitative estimate of drug-likeness (QED) is 0.206. The van der Waals surface area contributed by atoms with E-state index in [1.165, 1.54) is 80.7 Å². The first-order valence-electron chi connectivity index (χ1n) is 14.4. The van der Waals surface area contributed by atoms with Crippen LogP contribution < -0.4 is 0 Å². The molecule has 0 unspecified atom stereocenters. The van der Waals surface area contributed by atoms with Crippen molar-refractivity contribution in [2.45, 2.75) is 0 Å². The van der Waals surface area contributed by atoms with E-state index < -0.39 is 0 Å². The third-order valence-corrected chi connectivity index (χ3v) is 9.76. The number of thiophene rings is 1. The van der Waals surface area contributed by atoms with E-state index in [9.17, 15) is 0 Å². The lowest BCUT2D eigenvalue weighted by Gasteiger charge is -2.15. The third kappa shape index (κ3) is 3.49. The van der Waals surface area contributed by atoms with Crippen molar-refractivity contribution in [3.63, 3.8) is 0 Å². The summed E-state index contributed by atoms with van der Waals surface area (Å²) >= 11 is 1.87. The Bertz CT molecular complexity index is 2460.